The predicted molar refractivity (Wildman–Crippen MR) is 103 cm³/mol. The third-order valence-electron chi connectivity index (χ3n) is 3.96. The van der Waals surface area contributed by atoms with Crippen molar-refractivity contribution in [3.8, 4) is 0 Å². The van der Waals surface area contributed by atoms with Crippen LogP contribution in [0.2, 0.25) is 0 Å². The van der Waals surface area contributed by atoms with Gasteiger partial charge in [-0.25, -0.2) is 9.97 Å². The molecule has 0 spiro atoms. The van der Waals surface area contributed by atoms with Crippen LogP contribution in [-0.2, 0) is 5.41 Å². The number of hydrogen-bond acceptors (Lipinski definition) is 4. The lowest BCUT2D eigenvalue weighted by molar-refractivity contribution is 0.102. The second-order valence-electron chi connectivity index (χ2n) is 7.18. The van der Waals surface area contributed by atoms with Gasteiger partial charge in [0.05, 0.1) is 0 Å². The van der Waals surface area contributed by atoms with Gasteiger partial charge < -0.3 is 10.6 Å². The maximum Gasteiger partial charge on any atom is 0.274 e. The van der Waals surface area contributed by atoms with Gasteiger partial charge in [-0.3, -0.25) is 4.79 Å². The minimum atomic E-state index is -0.234. The molecule has 0 aliphatic heterocycles. The lowest BCUT2D eigenvalue weighted by atomic mass is 9.87. The highest BCUT2D eigenvalue weighted by Crippen LogP contribution is 2.23. The third-order valence-corrected chi connectivity index (χ3v) is 3.96. The topological polar surface area (TPSA) is 66.9 Å². The van der Waals surface area contributed by atoms with Crippen molar-refractivity contribution >= 4 is 17.5 Å². The minimum Gasteiger partial charge on any atom is -0.354 e. The van der Waals surface area contributed by atoms with Crippen molar-refractivity contribution in [2.45, 2.75) is 52.4 Å². The van der Waals surface area contributed by atoms with E-state index in [0.717, 1.165) is 25.1 Å². The fourth-order valence-corrected chi connectivity index (χ4v) is 2.39. The minimum absolute atomic E-state index is 0.0908. The lowest BCUT2D eigenvalue weighted by Crippen LogP contribution is -2.16. The summed E-state index contributed by atoms with van der Waals surface area (Å²) in [6.07, 6.45) is 5.00. The summed E-state index contributed by atoms with van der Waals surface area (Å²) in [6, 6.07) is 9.54. The van der Waals surface area contributed by atoms with E-state index in [-0.39, 0.29) is 11.3 Å². The fourth-order valence-electron chi connectivity index (χ4n) is 2.39. The molecule has 134 valence electrons. The Balaban J connectivity index is 1.98. The fraction of sp³-hybridized carbons (Fsp3) is 0.450. The van der Waals surface area contributed by atoms with Crippen molar-refractivity contribution in [2.75, 3.05) is 17.2 Å². The van der Waals surface area contributed by atoms with E-state index >= 15 is 0 Å². The van der Waals surface area contributed by atoms with Crippen molar-refractivity contribution in [3.63, 3.8) is 0 Å². The average molecular weight is 340 g/mol. The molecule has 1 amide bonds. The molecule has 0 aliphatic carbocycles. The van der Waals surface area contributed by atoms with E-state index in [2.05, 4.69) is 48.3 Å². The normalized spacial score (nSPS) is 11.2. The first-order valence-corrected chi connectivity index (χ1v) is 8.89. The molecule has 5 heteroatoms. The highest BCUT2D eigenvalue weighted by Gasteiger charge is 2.14. The number of amides is 1. The van der Waals surface area contributed by atoms with Gasteiger partial charge in [0, 0.05) is 18.4 Å². The van der Waals surface area contributed by atoms with Crippen molar-refractivity contribution < 1.29 is 4.79 Å². The van der Waals surface area contributed by atoms with Crippen LogP contribution in [0.4, 0.5) is 11.6 Å². The van der Waals surface area contributed by atoms with Crippen LogP contribution in [0.5, 0.6) is 0 Å². The summed E-state index contributed by atoms with van der Waals surface area (Å²) in [6.45, 7) is 9.46. The summed E-state index contributed by atoms with van der Waals surface area (Å²) < 4.78 is 0. The molecular weight excluding hydrogens is 312 g/mol. The molecule has 0 aliphatic rings. The maximum atomic E-state index is 12.4. The Morgan fingerprint density at radius 2 is 1.80 bits per heavy atom. The Hall–Kier alpha value is -2.43. The number of benzene rings is 1. The van der Waals surface area contributed by atoms with Crippen LogP contribution >= 0.6 is 0 Å². The number of nitrogens with zero attached hydrogens (tertiary/aromatic N) is 2. The molecule has 1 aromatic heterocycles. The highest BCUT2D eigenvalue weighted by molar-refractivity contribution is 6.02. The largest absolute Gasteiger partial charge is 0.354 e. The number of rotatable bonds is 7. The third kappa shape index (κ3) is 5.85. The van der Waals surface area contributed by atoms with Gasteiger partial charge >= 0.3 is 0 Å². The first-order valence-electron chi connectivity index (χ1n) is 8.89. The Labute approximate surface area is 150 Å². The number of unbranched alkanes of at least 4 members (excludes halogenated alkanes) is 2. The molecule has 5 nitrogen and oxygen atoms in total. The Kier molecular flexibility index (Phi) is 6.51. The standard InChI is InChI=1S/C20H28N4O/c1-5-6-7-13-21-19-22-14-12-17(24-19)18(25)23-16-10-8-15(9-11-16)20(2,3)4/h8-12,14H,5-7,13H2,1-4H3,(H,23,25)(H,21,22,24). The molecule has 0 fully saturated rings. The molecular formula is C20H28N4O. The van der Waals surface area contributed by atoms with Crippen molar-refractivity contribution in [1.29, 1.82) is 0 Å². The summed E-state index contributed by atoms with van der Waals surface area (Å²) in [4.78, 5) is 20.8. The molecule has 2 N–H and O–H groups in total. The monoisotopic (exact) mass is 340 g/mol. The highest BCUT2D eigenvalue weighted by atomic mass is 16.1. The van der Waals surface area contributed by atoms with Crippen LogP contribution < -0.4 is 10.6 Å². The van der Waals surface area contributed by atoms with Gasteiger partial charge in [-0.05, 0) is 35.6 Å². The van der Waals surface area contributed by atoms with E-state index in [1.54, 1.807) is 12.3 Å². The summed E-state index contributed by atoms with van der Waals surface area (Å²) in [5.74, 6) is 0.259. The second-order valence-corrected chi connectivity index (χ2v) is 7.18. The van der Waals surface area contributed by atoms with Gasteiger partial charge in [-0.1, -0.05) is 52.7 Å². The number of aromatic nitrogens is 2. The molecule has 2 aromatic rings. The lowest BCUT2D eigenvalue weighted by Gasteiger charge is -2.19. The molecule has 0 radical (unpaired) electrons. The summed E-state index contributed by atoms with van der Waals surface area (Å²) in [5, 5.41) is 6.04. The van der Waals surface area contributed by atoms with Gasteiger partial charge in [0.1, 0.15) is 5.69 Å². The number of carbonyl (C=O) groups is 1. The zero-order chi connectivity index (χ0) is 18.3. The van der Waals surface area contributed by atoms with E-state index in [0.29, 0.717) is 11.6 Å². The van der Waals surface area contributed by atoms with Crippen molar-refractivity contribution in [2.24, 2.45) is 0 Å². The number of hydrogen-bond donors (Lipinski definition) is 2. The molecule has 1 aromatic carbocycles. The smallest absolute Gasteiger partial charge is 0.274 e. The molecule has 0 atom stereocenters. The molecule has 0 unspecified atom stereocenters. The van der Waals surface area contributed by atoms with Gasteiger partial charge in [0.2, 0.25) is 5.95 Å². The zero-order valence-electron chi connectivity index (χ0n) is 15.6. The van der Waals surface area contributed by atoms with Crippen LogP contribution in [-0.4, -0.2) is 22.4 Å². The second kappa shape index (κ2) is 8.60. The number of carbonyl (C=O) groups excluding carboxylic acids is 1. The molecule has 0 saturated carbocycles. The summed E-state index contributed by atoms with van der Waals surface area (Å²) in [5.41, 5.74) is 2.43. The quantitative estimate of drug-likeness (QED) is 0.721. The first-order chi connectivity index (χ1) is 11.9. The van der Waals surface area contributed by atoms with Crippen LogP contribution in [0, 0.1) is 0 Å². The van der Waals surface area contributed by atoms with Gasteiger partial charge in [-0.15, -0.1) is 0 Å². The average Bonchev–Trinajstić information content (AvgIpc) is 2.59. The van der Waals surface area contributed by atoms with Crippen molar-refractivity contribution in [3.05, 3.63) is 47.8 Å². The van der Waals surface area contributed by atoms with Crippen LogP contribution in [0.15, 0.2) is 36.5 Å². The van der Waals surface area contributed by atoms with Crippen LogP contribution in [0.25, 0.3) is 0 Å². The van der Waals surface area contributed by atoms with Gasteiger partial charge in [0.25, 0.3) is 5.91 Å². The Morgan fingerprint density at radius 1 is 1.08 bits per heavy atom. The zero-order valence-corrected chi connectivity index (χ0v) is 15.6. The SMILES string of the molecule is CCCCCNc1nccc(C(=O)Nc2ccc(C(C)(C)C)cc2)n1. The molecule has 25 heavy (non-hydrogen) atoms. The Bertz CT molecular complexity index is 690. The maximum absolute atomic E-state index is 12.4. The van der Waals surface area contributed by atoms with Crippen molar-refractivity contribution in [1.82, 2.24) is 9.97 Å². The van der Waals surface area contributed by atoms with E-state index in [4.69, 9.17) is 0 Å². The summed E-state index contributed by atoms with van der Waals surface area (Å²) >= 11 is 0. The van der Waals surface area contributed by atoms with Crippen LogP contribution in [0.3, 0.4) is 0 Å². The molecule has 1 heterocycles. The Morgan fingerprint density at radius 3 is 2.44 bits per heavy atom. The number of anilines is 2. The van der Waals surface area contributed by atoms with E-state index < -0.39 is 0 Å². The summed E-state index contributed by atoms with van der Waals surface area (Å²) in [7, 11) is 0. The predicted octanol–water partition coefficient (Wildman–Crippen LogP) is 4.63. The molecule has 0 bridgehead atoms. The molecule has 2 rings (SSSR count). The molecule has 0 saturated heterocycles. The van der Waals surface area contributed by atoms with E-state index in [1.807, 2.05) is 24.3 Å². The van der Waals surface area contributed by atoms with Gasteiger partial charge in [0.15, 0.2) is 0 Å². The van der Waals surface area contributed by atoms with E-state index in [9.17, 15) is 4.79 Å². The van der Waals surface area contributed by atoms with E-state index in [1.165, 1.54) is 12.0 Å². The van der Waals surface area contributed by atoms with Crippen LogP contribution in [0.1, 0.15) is 63.0 Å². The number of nitrogens with one attached hydrogen (secondary N) is 2. The van der Waals surface area contributed by atoms with Gasteiger partial charge in [-0.2, -0.15) is 0 Å². The first kappa shape index (κ1) is 18.9.